The van der Waals surface area contributed by atoms with Gasteiger partial charge in [0, 0.05) is 25.0 Å². The maximum Gasteiger partial charge on any atom is 0.214 e. The van der Waals surface area contributed by atoms with Crippen molar-refractivity contribution in [1.82, 2.24) is 15.7 Å². The van der Waals surface area contributed by atoms with Gasteiger partial charge in [-0.1, -0.05) is 63.1 Å². The zero-order valence-corrected chi connectivity index (χ0v) is 28.3. The Labute approximate surface area is 271 Å². The van der Waals surface area contributed by atoms with E-state index in [-0.39, 0.29) is 11.3 Å². The molecule has 9 heteroatoms. The summed E-state index contributed by atoms with van der Waals surface area (Å²) in [7, 11) is 0. The van der Waals surface area contributed by atoms with Crippen LogP contribution < -0.4 is 21.8 Å². The molecule has 2 aliphatic rings. The van der Waals surface area contributed by atoms with Crippen molar-refractivity contribution in [3.63, 3.8) is 0 Å². The van der Waals surface area contributed by atoms with Crippen molar-refractivity contribution in [1.29, 1.82) is 0 Å². The molecule has 5 N–H and O–H groups in total. The highest BCUT2D eigenvalue weighted by Crippen LogP contribution is 2.24. The van der Waals surface area contributed by atoms with E-state index in [1.807, 2.05) is 64.1 Å². The molecule has 0 bridgehead atoms. The number of halogens is 1. The van der Waals surface area contributed by atoms with E-state index in [4.69, 9.17) is 22.1 Å². The highest BCUT2D eigenvalue weighted by Gasteiger charge is 2.11. The second-order valence-electron chi connectivity index (χ2n) is 9.27. The van der Waals surface area contributed by atoms with Gasteiger partial charge in [0.2, 0.25) is 5.96 Å². The van der Waals surface area contributed by atoms with Gasteiger partial charge < -0.3 is 21.1 Å². The van der Waals surface area contributed by atoms with Crippen LogP contribution in [0, 0.1) is 0 Å². The minimum absolute atomic E-state index is 0.177. The summed E-state index contributed by atoms with van der Waals surface area (Å²) in [6.07, 6.45) is 22.5. The number of hydrogen-bond acceptors (Lipinski definition) is 6. The standard InChI is InChI=1S/C27H35ClN6.C4H9NO.C2H6.C2H4/c1-5-7-8-10-21(4)25-15-13-22(14-16-26(25)28)33-24-12-11-23(30-18-24)19-32-34-27(29)31-17-20(3)9-6-2;1-3-6-4-2-5-1;2*1-2/h5,7,10-19,26,33H,6,8-9H2,1-4H3,(H3,29,31,34);5H,1-4H2;1-2H3;1-2H2/b7-5-,20-17-,21-10+,32-19+;;;. The van der Waals surface area contributed by atoms with Gasteiger partial charge in [-0.05, 0) is 69.0 Å². The molecular formula is C35H54ClN7O. The van der Waals surface area contributed by atoms with Crippen molar-refractivity contribution >= 4 is 29.5 Å². The van der Waals surface area contributed by atoms with Gasteiger partial charge in [0.15, 0.2) is 0 Å². The first-order valence-electron chi connectivity index (χ1n) is 15.2. The number of morpholine rings is 1. The molecule has 0 radical (unpaired) electrons. The van der Waals surface area contributed by atoms with Crippen LogP contribution in [0.1, 0.15) is 66.5 Å². The molecule has 1 aromatic heterocycles. The number of aliphatic imine (C=N–C) groups is 1. The number of ether oxygens (including phenoxy) is 1. The third kappa shape index (κ3) is 18.7. The topological polar surface area (TPSA) is 109 Å². The van der Waals surface area contributed by atoms with Gasteiger partial charge in [0.05, 0.1) is 42.4 Å². The third-order valence-electron chi connectivity index (χ3n) is 5.80. The Balaban J connectivity index is 0.00000159. The highest BCUT2D eigenvalue weighted by atomic mass is 35.5. The number of aromatic nitrogens is 1. The lowest BCUT2D eigenvalue weighted by Gasteiger charge is -2.10. The summed E-state index contributed by atoms with van der Waals surface area (Å²) in [5, 5.41) is 10.4. The first kappa shape index (κ1) is 40.3. The molecule has 242 valence electrons. The number of hydrogen-bond donors (Lipinski definition) is 4. The van der Waals surface area contributed by atoms with Gasteiger partial charge in [0.1, 0.15) is 0 Å². The van der Waals surface area contributed by atoms with E-state index in [2.05, 4.69) is 76.4 Å². The van der Waals surface area contributed by atoms with E-state index < -0.39 is 0 Å². The number of guanidine groups is 1. The zero-order chi connectivity index (χ0) is 33.0. The Morgan fingerprint density at radius 2 is 1.93 bits per heavy atom. The van der Waals surface area contributed by atoms with Crippen molar-refractivity contribution in [2.24, 2.45) is 15.8 Å². The molecule has 1 atom stereocenters. The molecule has 0 spiro atoms. The van der Waals surface area contributed by atoms with Gasteiger partial charge in [-0.25, -0.2) is 10.4 Å². The van der Waals surface area contributed by atoms with Crippen LogP contribution in [-0.2, 0) is 4.74 Å². The lowest BCUT2D eigenvalue weighted by Crippen LogP contribution is -2.30. The monoisotopic (exact) mass is 623 g/mol. The quantitative estimate of drug-likeness (QED) is 0.0697. The Morgan fingerprint density at radius 1 is 1.20 bits per heavy atom. The van der Waals surface area contributed by atoms with Crippen LogP contribution in [0.15, 0.2) is 113 Å². The van der Waals surface area contributed by atoms with Crippen molar-refractivity contribution in [2.75, 3.05) is 31.6 Å². The van der Waals surface area contributed by atoms with Gasteiger partial charge in [0.25, 0.3) is 0 Å². The number of hydrazone groups is 1. The third-order valence-corrected chi connectivity index (χ3v) is 6.18. The molecule has 1 aromatic rings. The molecule has 1 aliphatic carbocycles. The van der Waals surface area contributed by atoms with Crippen molar-refractivity contribution in [2.45, 2.75) is 66.2 Å². The van der Waals surface area contributed by atoms with Crippen molar-refractivity contribution < 1.29 is 4.74 Å². The summed E-state index contributed by atoms with van der Waals surface area (Å²) in [5.74, 6) is 0.231. The second kappa shape index (κ2) is 26.9. The molecule has 8 nitrogen and oxygen atoms in total. The molecule has 2 heterocycles. The van der Waals surface area contributed by atoms with E-state index in [0.717, 1.165) is 62.5 Å². The van der Waals surface area contributed by atoms with Crippen LogP contribution >= 0.6 is 11.6 Å². The largest absolute Gasteiger partial charge is 0.379 e. The number of pyridine rings is 1. The van der Waals surface area contributed by atoms with E-state index >= 15 is 0 Å². The minimum Gasteiger partial charge on any atom is -0.379 e. The summed E-state index contributed by atoms with van der Waals surface area (Å²) in [6, 6.07) is 3.81. The molecule has 0 amide bonds. The summed E-state index contributed by atoms with van der Waals surface area (Å²) < 4.78 is 5.01. The van der Waals surface area contributed by atoms with Crippen LogP contribution in [-0.4, -0.2) is 48.8 Å². The molecule has 3 rings (SSSR count). The number of anilines is 1. The van der Waals surface area contributed by atoms with Crippen LogP contribution in [0.4, 0.5) is 5.69 Å². The van der Waals surface area contributed by atoms with Gasteiger partial charge in [-0.2, -0.15) is 5.10 Å². The average Bonchev–Trinajstić information content (AvgIpc) is 3.25. The number of rotatable bonds is 10. The second-order valence-corrected chi connectivity index (χ2v) is 9.74. The molecule has 0 aromatic carbocycles. The molecular weight excluding hydrogens is 570 g/mol. The fourth-order valence-corrected chi connectivity index (χ4v) is 3.94. The SMILES string of the molecule is C/C=C\C/C=C(\C)C1=CC=C(Nc2ccc(/C=N/NC(N)=N/C=C(/C)CCC)nc2)C=CC1Cl.C1COCCN1.C=C.CC. The first-order valence-corrected chi connectivity index (χ1v) is 15.7. The normalized spacial score (nSPS) is 17.2. The van der Waals surface area contributed by atoms with E-state index in [0.29, 0.717) is 5.69 Å². The maximum atomic E-state index is 6.58. The number of nitrogens with one attached hydrogen (secondary N) is 3. The fourth-order valence-electron chi connectivity index (χ4n) is 3.62. The Bertz CT molecular complexity index is 1150. The number of nitrogens with two attached hydrogens (primary N) is 1. The number of allylic oxidation sites excluding steroid dienone is 10. The van der Waals surface area contributed by atoms with Crippen LogP contribution in [0.5, 0.6) is 0 Å². The number of alkyl halides is 1. The lowest BCUT2D eigenvalue weighted by molar-refractivity contribution is 0.109. The zero-order valence-electron chi connectivity index (χ0n) is 27.6. The number of nitrogens with zero attached hydrogens (tertiary/aromatic N) is 3. The summed E-state index contributed by atoms with van der Waals surface area (Å²) in [6.45, 7) is 22.1. The Kier molecular flexibility index (Phi) is 24.6. The van der Waals surface area contributed by atoms with Crippen LogP contribution in [0.3, 0.4) is 0 Å². The summed E-state index contributed by atoms with van der Waals surface area (Å²) >= 11 is 6.58. The molecule has 1 aliphatic heterocycles. The minimum atomic E-state index is -0.177. The van der Waals surface area contributed by atoms with Gasteiger partial charge in [-0.3, -0.25) is 4.98 Å². The van der Waals surface area contributed by atoms with Gasteiger partial charge >= 0.3 is 0 Å². The smallest absolute Gasteiger partial charge is 0.214 e. The van der Waals surface area contributed by atoms with Gasteiger partial charge in [-0.15, -0.1) is 24.8 Å². The van der Waals surface area contributed by atoms with E-state index in [9.17, 15) is 0 Å². The predicted octanol–water partition coefficient (Wildman–Crippen LogP) is 7.77. The first-order chi connectivity index (χ1) is 21.4. The highest BCUT2D eigenvalue weighted by molar-refractivity contribution is 6.24. The Hall–Kier alpha value is -3.72. The van der Waals surface area contributed by atoms with E-state index in [1.165, 1.54) is 11.1 Å². The summed E-state index contributed by atoms with van der Waals surface area (Å²) in [4.78, 5) is 8.55. The lowest BCUT2D eigenvalue weighted by atomic mass is 10.0. The van der Waals surface area contributed by atoms with E-state index in [1.54, 1.807) is 18.6 Å². The van der Waals surface area contributed by atoms with Crippen LogP contribution in [0.2, 0.25) is 0 Å². The summed E-state index contributed by atoms with van der Waals surface area (Å²) in [5.41, 5.74) is 14.4. The Morgan fingerprint density at radius 3 is 2.50 bits per heavy atom. The molecule has 1 unspecified atom stereocenters. The fraction of sp³-hybridized carbons (Fsp3) is 0.400. The molecule has 44 heavy (non-hydrogen) atoms. The average molecular weight is 624 g/mol. The van der Waals surface area contributed by atoms with Crippen molar-refractivity contribution in [3.05, 3.63) is 108 Å². The van der Waals surface area contributed by atoms with Crippen molar-refractivity contribution in [3.8, 4) is 0 Å². The molecule has 1 fully saturated rings. The maximum absolute atomic E-state index is 6.58. The molecule has 0 saturated carbocycles. The molecule has 1 saturated heterocycles. The predicted molar refractivity (Wildman–Crippen MR) is 193 cm³/mol. The van der Waals surface area contributed by atoms with Crippen LogP contribution in [0.25, 0.3) is 0 Å².